The van der Waals surface area contributed by atoms with Crippen molar-refractivity contribution in [2.75, 3.05) is 44.6 Å². The normalized spacial score (nSPS) is 11.8. The van der Waals surface area contributed by atoms with Gasteiger partial charge in [-0.3, -0.25) is 9.27 Å². The summed E-state index contributed by atoms with van der Waals surface area (Å²) in [5.41, 5.74) is 12.5. The molecule has 0 amide bonds. The van der Waals surface area contributed by atoms with E-state index in [2.05, 4.69) is 4.72 Å². The molecule has 38 heavy (non-hydrogen) atoms. The van der Waals surface area contributed by atoms with Crippen LogP contribution in [0.4, 0.5) is 17.1 Å². The van der Waals surface area contributed by atoms with Crippen molar-refractivity contribution in [1.82, 2.24) is 0 Å². The summed E-state index contributed by atoms with van der Waals surface area (Å²) in [6, 6.07) is 9.72. The van der Waals surface area contributed by atoms with Crippen molar-refractivity contribution in [1.29, 1.82) is 0 Å². The van der Waals surface area contributed by atoms with Gasteiger partial charge < -0.3 is 30.4 Å². The highest BCUT2D eigenvalue weighted by Crippen LogP contribution is 2.42. The number of benzene rings is 3. The standard InChI is InChI=1S/C24H27N3O9S2/c1-33-15-12-20(35-3)16(21(13-15)36-4)9-10-37(28,29)27-14-5-7-19(34-2)17(11-14)23-18(25)6-8-22(24(23)26)38(30,31)32/h5-13,27H,25-26H2,1-4H3,(H,30,31,32)/b10-9+. The highest BCUT2D eigenvalue weighted by Gasteiger charge is 2.22. The maximum absolute atomic E-state index is 12.9. The molecule has 0 bridgehead atoms. The van der Waals surface area contributed by atoms with E-state index in [0.29, 0.717) is 22.8 Å². The molecule has 0 spiro atoms. The summed E-state index contributed by atoms with van der Waals surface area (Å²) in [6.07, 6.45) is 1.30. The minimum absolute atomic E-state index is 0.0428. The number of nitrogens with one attached hydrogen (secondary N) is 1. The molecular weight excluding hydrogens is 538 g/mol. The molecule has 0 radical (unpaired) electrons. The summed E-state index contributed by atoms with van der Waals surface area (Å²) in [6.45, 7) is 0. The summed E-state index contributed by atoms with van der Waals surface area (Å²) < 4.78 is 82.5. The molecule has 0 fully saturated rings. The van der Waals surface area contributed by atoms with E-state index >= 15 is 0 Å². The molecule has 0 unspecified atom stereocenters. The summed E-state index contributed by atoms with van der Waals surface area (Å²) in [7, 11) is -3.06. The van der Waals surface area contributed by atoms with Crippen molar-refractivity contribution in [3.63, 3.8) is 0 Å². The van der Waals surface area contributed by atoms with Crippen LogP contribution < -0.4 is 35.1 Å². The molecule has 14 heteroatoms. The number of rotatable bonds is 10. The van der Waals surface area contributed by atoms with E-state index in [1.807, 2.05) is 0 Å². The quantitative estimate of drug-likeness (QED) is 0.209. The lowest BCUT2D eigenvalue weighted by atomic mass is 10.00. The highest BCUT2D eigenvalue weighted by molar-refractivity contribution is 7.95. The Morgan fingerprint density at radius 1 is 0.816 bits per heavy atom. The summed E-state index contributed by atoms with van der Waals surface area (Å²) in [4.78, 5) is -0.556. The topological polar surface area (TPSA) is 189 Å². The van der Waals surface area contributed by atoms with Crippen molar-refractivity contribution >= 4 is 43.3 Å². The van der Waals surface area contributed by atoms with E-state index in [-0.39, 0.29) is 33.9 Å². The van der Waals surface area contributed by atoms with E-state index < -0.39 is 25.0 Å². The van der Waals surface area contributed by atoms with Gasteiger partial charge in [0.1, 0.15) is 27.9 Å². The van der Waals surface area contributed by atoms with Crippen LogP contribution in [0, 0.1) is 0 Å². The number of methoxy groups -OCH3 is 4. The van der Waals surface area contributed by atoms with Crippen LogP contribution in [0.15, 0.2) is 52.8 Å². The minimum Gasteiger partial charge on any atom is -0.496 e. The van der Waals surface area contributed by atoms with Gasteiger partial charge in [-0.25, -0.2) is 8.42 Å². The molecule has 0 saturated carbocycles. The van der Waals surface area contributed by atoms with Gasteiger partial charge in [0.2, 0.25) is 0 Å². The van der Waals surface area contributed by atoms with Gasteiger partial charge in [0.15, 0.2) is 0 Å². The van der Waals surface area contributed by atoms with Crippen molar-refractivity contribution in [3.8, 4) is 34.1 Å². The lowest BCUT2D eigenvalue weighted by molar-refractivity contribution is 0.374. The molecule has 0 saturated heterocycles. The molecule has 0 aromatic heterocycles. The van der Waals surface area contributed by atoms with E-state index in [1.165, 1.54) is 58.8 Å². The Bertz CT molecular complexity index is 1580. The highest BCUT2D eigenvalue weighted by atomic mass is 32.2. The van der Waals surface area contributed by atoms with Crippen molar-refractivity contribution in [3.05, 3.63) is 53.4 Å². The third-order valence-electron chi connectivity index (χ3n) is 5.41. The SMILES string of the molecule is COc1cc(OC)c(/C=C/S(=O)(=O)Nc2ccc(OC)c(-c3c(N)ccc(S(=O)(=O)O)c3N)c2)c(OC)c1. The Labute approximate surface area is 220 Å². The van der Waals surface area contributed by atoms with Crippen molar-refractivity contribution in [2.45, 2.75) is 4.90 Å². The number of ether oxygens (including phenoxy) is 4. The Morgan fingerprint density at radius 2 is 1.42 bits per heavy atom. The van der Waals surface area contributed by atoms with Crippen LogP contribution in [0.3, 0.4) is 0 Å². The fourth-order valence-corrected chi connectivity index (χ4v) is 5.12. The van der Waals surface area contributed by atoms with Gasteiger partial charge in [-0.15, -0.1) is 0 Å². The molecule has 6 N–H and O–H groups in total. The maximum atomic E-state index is 12.9. The average molecular weight is 566 g/mol. The van der Waals surface area contributed by atoms with Gasteiger partial charge in [-0.2, -0.15) is 8.42 Å². The molecule has 204 valence electrons. The third kappa shape index (κ3) is 6.04. The van der Waals surface area contributed by atoms with Gasteiger partial charge in [-0.1, -0.05) is 0 Å². The first-order valence-electron chi connectivity index (χ1n) is 10.7. The number of anilines is 3. The monoisotopic (exact) mass is 565 g/mol. The molecule has 3 rings (SSSR count). The van der Waals surface area contributed by atoms with Gasteiger partial charge in [-0.05, 0) is 36.4 Å². The van der Waals surface area contributed by atoms with Gasteiger partial charge in [0.05, 0.1) is 45.1 Å². The molecule has 0 aliphatic heterocycles. The second kappa shape index (κ2) is 11.1. The third-order valence-corrected chi connectivity index (χ3v) is 7.34. The Morgan fingerprint density at radius 3 is 1.95 bits per heavy atom. The zero-order chi connectivity index (χ0) is 28.3. The molecule has 0 aliphatic carbocycles. The Hall–Kier alpha value is -4.14. The molecular formula is C24H27N3O9S2. The van der Waals surface area contributed by atoms with Gasteiger partial charge in [0, 0.05) is 34.6 Å². The van der Waals surface area contributed by atoms with E-state index in [1.54, 1.807) is 12.1 Å². The Balaban J connectivity index is 2.05. The number of hydrogen-bond acceptors (Lipinski definition) is 10. The van der Waals surface area contributed by atoms with Crippen LogP contribution in [-0.2, 0) is 20.1 Å². The first-order chi connectivity index (χ1) is 17.8. The van der Waals surface area contributed by atoms with Crippen LogP contribution in [0.2, 0.25) is 0 Å². The fourth-order valence-electron chi connectivity index (χ4n) is 3.66. The molecule has 0 atom stereocenters. The van der Waals surface area contributed by atoms with E-state index in [4.69, 9.17) is 30.4 Å². The van der Waals surface area contributed by atoms with E-state index in [9.17, 15) is 21.4 Å². The van der Waals surface area contributed by atoms with Crippen molar-refractivity contribution < 1.29 is 40.3 Å². The fraction of sp³-hybridized carbons (Fsp3) is 0.167. The van der Waals surface area contributed by atoms with Gasteiger partial charge >= 0.3 is 0 Å². The molecule has 3 aromatic carbocycles. The van der Waals surface area contributed by atoms with Crippen LogP contribution in [-0.4, -0.2) is 49.8 Å². The molecule has 0 aliphatic rings. The average Bonchev–Trinajstić information content (AvgIpc) is 2.86. The maximum Gasteiger partial charge on any atom is 0.296 e. The number of hydrogen-bond donors (Lipinski definition) is 4. The second-order valence-electron chi connectivity index (χ2n) is 7.73. The number of sulfonamides is 1. The predicted octanol–water partition coefficient (Wildman–Crippen LogP) is 3.21. The summed E-state index contributed by atoms with van der Waals surface area (Å²) in [5, 5.41) is 0.922. The van der Waals surface area contributed by atoms with Gasteiger partial charge in [0.25, 0.3) is 20.1 Å². The van der Waals surface area contributed by atoms with Crippen molar-refractivity contribution in [2.24, 2.45) is 0 Å². The molecule has 3 aromatic rings. The first-order valence-corrected chi connectivity index (χ1v) is 13.7. The first kappa shape index (κ1) is 28.4. The van der Waals surface area contributed by atoms with E-state index in [0.717, 1.165) is 11.5 Å². The van der Waals surface area contributed by atoms with Crippen LogP contribution in [0.1, 0.15) is 5.56 Å². The zero-order valence-electron chi connectivity index (χ0n) is 20.9. The zero-order valence-corrected chi connectivity index (χ0v) is 22.5. The minimum atomic E-state index is -4.66. The summed E-state index contributed by atoms with van der Waals surface area (Å²) >= 11 is 0. The lowest BCUT2D eigenvalue weighted by Crippen LogP contribution is -2.10. The summed E-state index contributed by atoms with van der Waals surface area (Å²) in [5.74, 6) is 1.33. The largest absolute Gasteiger partial charge is 0.496 e. The predicted molar refractivity (Wildman–Crippen MR) is 145 cm³/mol. The van der Waals surface area contributed by atoms with Crippen LogP contribution in [0.25, 0.3) is 17.2 Å². The van der Waals surface area contributed by atoms with Crippen LogP contribution >= 0.6 is 0 Å². The van der Waals surface area contributed by atoms with Crippen LogP contribution in [0.5, 0.6) is 23.0 Å². The Kier molecular flexibility index (Phi) is 8.29. The lowest BCUT2D eigenvalue weighted by Gasteiger charge is -2.17. The number of nitrogen functional groups attached to an aromatic ring is 2. The smallest absolute Gasteiger partial charge is 0.296 e. The molecule has 12 nitrogen and oxygen atoms in total. The second-order valence-corrected chi connectivity index (χ2v) is 10.7. The number of nitrogens with two attached hydrogens (primary N) is 2. The molecule has 0 heterocycles.